The lowest BCUT2D eigenvalue weighted by molar-refractivity contribution is -0.0141. The van der Waals surface area contributed by atoms with Gasteiger partial charge in [0, 0.05) is 18.0 Å². The molecule has 2 N–H and O–H groups in total. The number of nitrogens with two attached hydrogens (primary N) is 1. The molecule has 90 valence electrons. The van der Waals surface area contributed by atoms with Gasteiger partial charge in [0.15, 0.2) is 0 Å². The second-order valence-corrected chi connectivity index (χ2v) is 6.10. The minimum absolute atomic E-state index is 0.0800. The first kappa shape index (κ1) is 9.95. The van der Waals surface area contributed by atoms with Gasteiger partial charge in [-0.1, -0.05) is 18.2 Å². The monoisotopic (exact) mass is 229 g/mol. The highest BCUT2D eigenvalue weighted by Gasteiger charge is 2.55. The van der Waals surface area contributed by atoms with Crippen LogP contribution in [0.5, 0.6) is 5.75 Å². The van der Waals surface area contributed by atoms with E-state index in [1.54, 1.807) is 0 Å². The van der Waals surface area contributed by atoms with E-state index in [4.69, 9.17) is 10.5 Å². The fourth-order valence-corrected chi connectivity index (χ4v) is 4.39. The molecule has 1 heterocycles. The summed E-state index contributed by atoms with van der Waals surface area (Å²) in [6, 6.07) is 8.47. The fourth-order valence-electron chi connectivity index (χ4n) is 4.39. The quantitative estimate of drug-likeness (QED) is 0.742. The zero-order valence-corrected chi connectivity index (χ0v) is 10.1. The van der Waals surface area contributed by atoms with Crippen LogP contribution in [0.4, 0.5) is 0 Å². The summed E-state index contributed by atoms with van der Waals surface area (Å²) in [4.78, 5) is 0. The summed E-state index contributed by atoms with van der Waals surface area (Å²) >= 11 is 0. The van der Waals surface area contributed by atoms with Gasteiger partial charge < -0.3 is 10.5 Å². The zero-order valence-electron chi connectivity index (χ0n) is 10.1. The van der Waals surface area contributed by atoms with Crippen molar-refractivity contribution in [2.24, 2.45) is 17.6 Å². The molecule has 2 bridgehead atoms. The third-order valence-corrected chi connectivity index (χ3v) is 5.12. The molecule has 3 aliphatic rings. The van der Waals surface area contributed by atoms with Gasteiger partial charge in [-0.3, -0.25) is 0 Å². The van der Waals surface area contributed by atoms with Gasteiger partial charge in [-0.25, -0.2) is 0 Å². The van der Waals surface area contributed by atoms with E-state index in [-0.39, 0.29) is 11.6 Å². The number of fused-ring (bicyclic) bond motifs is 4. The molecule has 0 amide bonds. The van der Waals surface area contributed by atoms with Crippen molar-refractivity contribution in [1.82, 2.24) is 0 Å². The predicted molar refractivity (Wildman–Crippen MR) is 66.8 cm³/mol. The number of rotatable bonds is 0. The maximum absolute atomic E-state index is 6.40. The Labute approximate surface area is 102 Å². The Bertz CT molecular complexity index is 458. The number of ether oxygens (including phenoxy) is 1. The summed E-state index contributed by atoms with van der Waals surface area (Å²) in [5.74, 6) is 2.70. The van der Waals surface area contributed by atoms with Crippen LogP contribution in [0.15, 0.2) is 24.3 Å². The molecule has 2 aliphatic carbocycles. The fraction of sp³-hybridized carbons (Fsp3) is 0.600. The van der Waals surface area contributed by atoms with Crippen LogP contribution in [0, 0.1) is 11.8 Å². The van der Waals surface area contributed by atoms with Crippen molar-refractivity contribution in [3.63, 3.8) is 0 Å². The Morgan fingerprint density at radius 2 is 2.06 bits per heavy atom. The third-order valence-electron chi connectivity index (χ3n) is 5.12. The molecule has 2 fully saturated rings. The van der Waals surface area contributed by atoms with E-state index in [1.165, 1.54) is 31.2 Å². The van der Waals surface area contributed by atoms with Crippen LogP contribution in [0.3, 0.4) is 0 Å². The molecule has 0 radical (unpaired) electrons. The van der Waals surface area contributed by atoms with Crippen LogP contribution in [-0.4, -0.2) is 5.60 Å². The van der Waals surface area contributed by atoms with Gasteiger partial charge in [-0.05, 0) is 43.6 Å². The molecular weight excluding hydrogens is 210 g/mol. The number of benzene rings is 1. The van der Waals surface area contributed by atoms with E-state index in [1.807, 2.05) is 0 Å². The largest absolute Gasteiger partial charge is 0.487 e. The van der Waals surface area contributed by atoms with Gasteiger partial charge in [-0.15, -0.1) is 0 Å². The normalized spacial score (nSPS) is 42.5. The smallest absolute Gasteiger partial charge is 0.124 e. The van der Waals surface area contributed by atoms with Crippen molar-refractivity contribution >= 4 is 0 Å². The van der Waals surface area contributed by atoms with Gasteiger partial charge in [-0.2, -0.15) is 0 Å². The zero-order chi connectivity index (χ0) is 11.5. The molecule has 1 aromatic rings. The molecule has 4 unspecified atom stereocenters. The number of hydrogen-bond acceptors (Lipinski definition) is 2. The lowest BCUT2D eigenvalue weighted by Gasteiger charge is -2.44. The summed E-state index contributed by atoms with van der Waals surface area (Å²) in [6.07, 6.45) is 6.38. The molecule has 17 heavy (non-hydrogen) atoms. The Morgan fingerprint density at radius 3 is 2.82 bits per heavy atom. The first-order valence-electron chi connectivity index (χ1n) is 6.80. The van der Waals surface area contributed by atoms with Gasteiger partial charge >= 0.3 is 0 Å². The molecule has 1 aliphatic heterocycles. The maximum Gasteiger partial charge on any atom is 0.124 e. The van der Waals surface area contributed by atoms with Crippen molar-refractivity contribution in [3.8, 4) is 5.75 Å². The molecule has 2 saturated carbocycles. The maximum atomic E-state index is 6.40. The molecule has 0 saturated heterocycles. The summed E-state index contributed by atoms with van der Waals surface area (Å²) in [7, 11) is 0. The molecular formula is C15H19NO. The molecule has 1 aromatic carbocycles. The Morgan fingerprint density at radius 1 is 1.18 bits per heavy atom. The average Bonchev–Trinajstić information content (AvgIpc) is 2.89. The van der Waals surface area contributed by atoms with Crippen LogP contribution >= 0.6 is 0 Å². The van der Waals surface area contributed by atoms with Crippen LogP contribution in [0.2, 0.25) is 0 Å². The average molecular weight is 229 g/mol. The Balaban J connectivity index is 1.74. The highest BCUT2D eigenvalue weighted by Crippen LogP contribution is 2.57. The SMILES string of the molecule is NC1CC2(CC3CCC2C3)Oc2ccccc21. The molecule has 2 heteroatoms. The van der Waals surface area contributed by atoms with Crippen LogP contribution in [-0.2, 0) is 0 Å². The van der Waals surface area contributed by atoms with Gasteiger partial charge in [0.25, 0.3) is 0 Å². The molecule has 2 nitrogen and oxygen atoms in total. The van der Waals surface area contributed by atoms with Crippen molar-refractivity contribution in [3.05, 3.63) is 29.8 Å². The number of hydrogen-bond donors (Lipinski definition) is 1. The van der Waals surface area contributed by atoms with E-state index in [9.17, 15) is 0 Å². The van der Waals surface area contributed by atoms with E-state index in [2.05, 4.69) is 24.3 Å². The molecule has 0 aromatic heterocycles. The van der Waals surface area contributed by atoms with E-state index < -0.39 is 0 Å². The second-order valence-electron chi connectivity index (χ2n) is 6.10. The van der Waals surface area contributed by atoms with Gasteiger partial charge in [0.1, 0.15) is 11.4 Å². The molecule has 1 spiro atoms. The second kappa shape index (κ2) is 3.26. The first-order valence-corrected chi connectivity index (χ1v) is 6.80. The molecule has 4 atom stereocenters. The predicted octanol–water partition coefficient (Wildman–Crippen LogP) is 3.03. The Hall–Kier alpha value is -1.02. The standard InChI is InChI=1S/C15H19NO/c16-13-9-15(8-10-5-6-11(15)7-10)17-14-4-2-1-3-12(13)14/h1-4,10-11,13H,5-9,16H2. The van der Waals surface area contributed by atoms with Crippen LogP contribution < -0.4 is 10.5 Å². The van der Waals surface area contributed by atoms with E-state index in [0.717, 1.165) is 24.0 Å². The van der Waals surface area contributed by atoms with Crippen LogP contribution in [0.1, 0.15) is 43.7 Å². The number of para-hydroxylation sites is 1. The Kier molecular flexibility index (Phi) is 1.91. The van der Waals surface area contributed by atoms with E-state index >= 15 is 0 Å². The summed E-state index contributed by atoms with van der Waals surface area (Å²) < 4.78 is 6.40. The van der Waals surface area contributed by atoms with Crippen molar-refractivity contribution in [2.45, 2.75) is 43.7 Å². The van der Waals surface area contributed by atoms with E-state index in [0.29, 0.717) is 0 Å². The van der Waals surface area contributed by atoms with Gasteiger partial charge in [0.05, 0.1) is 0 Å². The first-order chi connectivity index (χ1) is 8.27. The summed E-state index contributed by atoms with van der Waals surface area (Å²) in [5, 5.41) is 0. The third kappa shape index (κ3) is 1.30. The minimum Gasteiger partial charge on any atom is -0.487 e. The topological polar surface area (TPSA) is 35.2 Å². The summed E-state index contributed by atoms with van der Waals surface area (Å²) in [6.45, 7) is 0. The highest BCUT2D eigenvalue weighted by molar-refractivity contribution is 5.39. The highest BCUT2D eigenvalue weighted by atomic mass is 16.5. The van der Waals surface area contributed by atoms with Gasteiger partial charge in [0.2, 0.25) is 0 Å². The lowest BCUT2D eigenvalue weighted by Crippen LogP contribution is -2.47. The van der Waals surface area contributed by atoms with Crippen molar-refractivity contribution in [2.75, 3.05) is 0 Å². The van der Waals surface area contributed by atoms with Crippen LogP contribution in [0.25, 0.3) is 0 Å². The van der Waals surface area contributed by atoms with Crippen molar-refractivity contribution < 1.29 is 4.74 Å². The summed E-state index contributed by atoms with van der Waals surface area (Å²) in [5.41, 5.74) is 7.63. The minimum atomic E-state index is 0.0800. The van der Waals surface area contributed by atoms with Crippen molar-refractivity contribution in [1.29, 1.82) is 0 Å². The lowest BCUT2D eigenvalue weighted by atomic mass is 9.76. The molecule has 4 rings (SSSR count).